The maximum Gasteiger partial charge on any atom is 0.306 e. The molecule has 0 amide bonds. The predicted octanol–water partition coefficient (Wildman–Crippen LogP) is 16.8. The van der Waals surface area contributed by atoms with Gasteiger partial charge in [0.2, 0.25) is 0 Å². The molecule has 0 aromatic carbocycles. The van der Waals surface area contributed by atoms with E-state index in [0.29, 0.717) is 19.3 Å². The van der Waals surface area contributed by atoms with E-state index >= 15 is 0 Å². The SMILES string of the molecule is CCC(C)CCCCCCCCCCC(=O)OC[C@H](COC(=O)CCCCCCCCCCCCCC(C)C)OC(=O)CCCCCCCCCCCCCCC(C)C. The van der Waals surface area contributed by atoms with Gasteiger partial charge in [0, 0.05) is 19.3 Å². The molecule has 350 valence electrons. The van der Waals surface area contributed by atoms with Gasteiger partial charge in [0.05, 0.1) is 0 Å². The molecular formula is C53H102O6. The molecule has 6 heteroatoms. The van der Waals surface area contributed by atoms with E-state index in [0.717, 1.165) is 75.5 Å². The smallest absolute Gasteiger partial charge is 0.306 e. The molecule has 0 bridgehead atoms. The van der Waals surface area contributed by atoms with E-state index in [2.05, 4.69) is 41.5 Å². The predicted molar refractivity (Wildman–Crippen MR) is 252 cm³/mol. The second-order valence-electron chi connectivity index (χ2n) is 19.4. The standard InChI is InChI=1S/C53H102O6/c1-7-49(6)41-35-29-23-19-20-25-31-37-43-52(55)58-46-50(45-57-51(54)42-36-30-24-17-14-10-12-16-22-28-34-40-48(4)5)59-53(56)44-38-32-26-18-13-9-8-11-15-21-27-33-39-47(2)3/h47-50H,7-46H2,1-6H3/t49?,50-/m0/s1. The lowest BCUT2D eigenvalue weighted by Crippen LogP contribution is -2.30. The highest BCUT2D eigenvalue weighted by atomic mass is 16.6. The summed E-state index contributed by atoms with van der Waals surface area (Å²) in [7, 11) is 0. The lowest BCUT2D eigenvalue weighted by atomic mass is 9.99. The first kappa shape index (κ1) is 57.4. The van der Waals surface area contributed by atoms with Crippen molar-refractivity contribution < 1.29 is 28.6 Å². The molecule has 0 aromatic rings. The van der Waals surface area contributed by atoms with Crippen molar-refractivity contribution in [2.45, 2.75) is 292 Å². The molecule has 0 aliphatic carbocycles. The van der Waals surface area contributed by atoms with Crippen molar-refractivity contribution in [3.8, 4) is 0 Å². The van der Waals surface area contributed by atoms with Gasteiger partial charge in [-0.1, -0.05) is 247 Å². The van der Waals surface area contributed by atoms with Crippen molar-refractivity contribution in [3.05, 3.63) is 0 Å². The third kappa shape index (κ3) is 45.8. The van der Waals surface area contributed by atoms with Crippen molar-refractivity contribution in [3.63, 3.8) is 0 Å². The van der Waals surface area contributed by atoms with E-state index in [4.69, 9.17) is 14.2 Å². The second kappa shape index (κ2) is 44.5. The van der Waals surface area contributed by atoms with Crippen LogP contribution in [0.25, 0.3) is 0 Å². The Bertz CT molecular complexity index is 916. The summed E-state index contributed by atoms with van der Waals surface area (Å²) < 4.78 is 16.8. The van der Waals surface area contributed by atoms with Crippen LogP contribution in [0.15, 0.2) is 0 Å². The van der Waals surface area contributed by atoms with Crippen LogP contribution in [0.1, 0.15) is 286 Å². The molecule has 0 aliphatic heterocycles. The highest BCUT2D eigenvalue weighted by Crippen LogP contribution is 2.18. The fourth-order valence-electron chi connectivity index (χ4n) is 7.91. The van der Waals surface area contributed by atoms with E-state index in [-0.39, 0.29) is 31.1 Å². The maximum absolute atomic E-state index is 12.8. The van der Waals surface area contributed by atoms with Gasteiger partial charge in [0.15, 0.2) is 6.10 Å². The summed E-state index contributed by atoms with van der Waals surface area (Å²) >= 11 is 0. The van der Waals surface area contributed by atoms with E-state index in [9.17, 15) is 14.4 Å². The van der Waals surface area contributed by atoms with Gasteiger partial charge in [-0.15, -0.1) is 0 Å². The van der Waals surface area contributed by atoms with Crippen LogP contribution in [0.2, 0.25) is 0 Å². The number of hydrogen-bond acceptors (Lipinski definition) is 6. The van der Waals surface area contributed by atoms with Gasteiger partial charge in [-0.25, -0.2) is 0 Å². The topological polar surface area (TPSA) is 78.9 Å². The van der Waals surface area contributed by atoms with Crippen molar-refractivity contribution in [2.75, 3.05) is 13.2 Å². The molecule has 0 heterocycles. The Morgan fingerprint density at radius 2 is 0.593 bits per heavy atom. The second-order valence-corrected chi connectivity index (χ2v) is 19.4. The summed E-state index contributed by atoms with van der Waals surface area (Å²) in [5.74, 6) is 1.65. The zero-order valence-electron chi connectivity index (χ0n) is 40.5. The van der Waals surface area contributed by atoms with Crippen LogP contribution in [0.5, 0.6) is 0 Å². The van der Waals surface area contributed by atoms with Crippen LogP contribution in [0, 0.1) is 17.8 Å². The van der Waals surface area contributed by atoms with Crippen molar-refractivity contribution in [1.29, 1.82) is 0 Å². The Hall–Kier alpha value is -1.59. The number of rotatable bonds is 46. The Morgan fingerprint density at radius 1 is 0.339 bits per heavy atom. The number of hydrogen-bond donors (Lipinski definition) is 0. The van der Waals surface area contributed by atoms with Crippen molar-refractivity contribution in [2.24, 2.45) is 17.8 Å². The van der Waals surface area contributed by atoms with Crippen LogP contribution in [0.3, 0.4) is 0 Å². The van der Waals surface area contributed by atoms with Crippen LogP contribution in [0.4, 0.5) is 0 Å². The average Bonchev–Trinajstić information content (AvgIpc) is 3.20. The first-order valence-electron chi connectivity index (χ1n) is 26.1. The molecule has 0 radical (unpaired) electrons. The van der Waals surface area contributed by atoms with Crippen LogP contribution in [-0.2, 0) is 28.6 Å². The highest BCUT2D eigenvalue weighted by Gasteiger charge is 2.19. The third-order valence-corrected chi connectivity index (χ3v) is 12.3. The summed E-state index contributed by atoms with van der Waals surface area (Å²) in [4.78, 5) is 38.0. The molecule has 59 heavy (non-hydrogen) atoms. The number of carbonyl (C=O) groups is 3. The summed E-state index contributed by atoms with van der Waals surface area (Å²) in [5.41, 5.74) is 0. The number of esters is 3. The monoisotopic (exact) mass is 835 g/mol. The lowest BCUT2D eigenvalue weighted by Gasteiger charge is -2.18. The molecule has 1 unspecified atom stereocenters. The van der Waals surface area contributed by atoms with Crippen LogP contribution >= 0.6 is 0 Å². The van der Waals surface area contributed by atoms with Gasteiger partial charge in [0.1, 0.15) is 13.2 Å². The molecule has 0 aromatic heterocycles. The molecule has 0 saturated carbocycles. The molecular weight excluding hydrogens is 733 g/mol. The molecule has 0 aliphatic rings. The average molecular weight is 835 g/mol. The zero-order chi connectivity index (χ0) is 43.4. The molecule has 0 rings (SSSR count). The van der Waals surface area contributed by atoms with Gasteiger partial charge in [-0.2, -0.15) is 0 Å². The molecule has 6 nitrogen and oxygen atoms in total. The summed E-state index contributed by atoms with van der Waals surface area (Å²) in [6.45, 7) is 13.7. The first-order valence-corrected chi connectivity index (χ1v) is 26.1. The van der Waals surface area contributed by atoms with Gasteiger partial charge in [-0.3, -0.25) is 14.4 Å². The zero-order valence-corrected chi connectivity index (χ0v) is 40.5. The Kier molecular flexibility index (Phi) is 43.3. The van der Waals surface area contributed by atoms with Crippen LogP contribution in [-0.4, -0.2) is 37.2 Å². The van der Waals surface area contributed by atoms with Crippen molar-refractivity contribution >= 4 is 17.9 Å². The minimum absolute atomic E-state index is 0.0649. The minimum Gasteiger partial charge on any atom is -0.462 e. The van der Waals surface area contributed by atoms with E-state index in [1.54, 1.807) is 0 Å². The van der Waals surface area contributed by atoms with Gasteiger partial charge >= 0.3 is 17.9 Å². The fourth-order valence-corrected chi connectivity index (χ4v) is 7.91. The molecule has 0 saturated heterocycles. The highest BCUT2D eigenvalue weighted by molar-refractivity contribution is 5.71. The largest absolute Gasteiger partial charge is 0.462 e. The van der Waals surface area contributed by atoms with E-state index in [1.807, 2.05) is 0 Å². The number of ether oxygens (including phenoxy) is 3. The summed E-state index contributed by atoms with van der Waals surface area (Å²) in [6.07, 6.45) is 43.7. The Labute approximate surface area is 368 Å². The van der Waals surface area contributed by atoms with Crippen LogP contribution < -0.4 is 0 Å². The van der Waals surface area contributed by atoms with E-state index in [1.165, 1.54) is 167 Å². The van der Waals surface area contributed by atoms with Gasteiger partial charge < -0.3 is 14.2 Å². The van der Waals surface area contributed by atoms with Gasteiger partial charge in [-0.05, 0) is 37.0 Å². The quantitative estimate of drug-likeness (QED) is 0.0345. The molecule has 2 atom stereocenters. The maximum atomic E-state index is 12.8. The van der Waals surface area contributed by atoms with E-state index < -0.39 is 6.10 Å². The molecule has 0 fully saturated rings. The minimum atomic E-state index is -0.763. The third-order valence-electron chi connectivity index (χ3n) is 12.3. The van der Waals surface area contributed by atoms with Gasteiger partial charge in [0.25, 0.3) is 0 Å². The first-order chi connectivity index (χ1) is 28.6. The number of carbonyl (C=O) groups excluding carboxylic acids is 3. The normalized spacial score (nSPS) is 12.6. The summed E-state index contributed by atoms with van der Waals surface area (Å²) in [5, 5.41) is 0. The Balaban J connectivity index is 4.33. The number of unbranched alkanes of at least 4 members (excludes halogenated alkanes) is 28. The molecule has 0 spiro atoms. The molecule has 0 N–H and O–H groups in total. The van der Waals surface area contributed by atoms with Crippen molar-refractivity contribution in [1.82, 2.24) is 0 Å². The summed E-state index contributed by atoms with van der Waals surface area (Å²) in [6, 6.07) is 0. The lowest BCUT2D eigenvalue weighted by molar-refractivity contribution is -0.167. The fraction of sp³-hybridized carbons (Fsp3) is 0.943. The Morgan fingerprint density at radius 3 is 0.881 bits per heavy atom.